The third-order valence-electron chi connectivity index (χ3n) is 4.89. The Morgan fingerprint density at radius 3 is 2.11 bits per heavy atom. The van der Waals surface area contributed by atoms with Crippen LogP contribution in [0.1, 0.15) is 36.1 Å². The normalized spacial score (nSPS) is 16.1. The number of carbonyl (C=O) groups is 1. The standard InChI is InChI=1S/C23H22N2O2/c26-21-15-9-17-25(21)22(18-10-3-1-4-11-18)23(19-12-5-2-6-13-19)27-20-14-7-8-16-24-20/h1-8,10-14,16,22-23H,9,15,17H2/t22-,23+/m1/s1. The van der Waals surface area contributed by atoms with Crippen molar-refractivity contribution in [2.24, 2.45) is 0 Å². The van der Waals surface area contributed by atoms with E-state index in [-0.39, 0.29) is 18.1 Å². The highest BCUT2D eigenvalue weighted by Gasteiger charge is 2.37. The second kappa shape index (κ2) is 8.04. The van der Waals surface area contributed by atoms with E-state index in [1.807, 2.05) is 71.6 Å². The van der Waals surface area contributed by atoms with E-state index in [0.717, 1.165) is 24.1 Å². The number of nitrogens with zero attached hydrogens (tertiary/aromatic N) is 2. The van der Waals surface area contributed by atoms with E-state index in [4.69, 9.17) is 4.74 Å². The molecule has 1 aromatic heterocycles. The van der Waals surface area contributed by atoms with Crippen molar-refractivity contribution in [3.8, 4) is 5.88 Å². The van der Waals surface area contributed by atoms with E-state index in [0.29, 0.717) is 12.3 Å². The molecule has 1 amide bonds. The lowest BCUT2D eigenvalue weighted by molar-refractivity contribution is -0.132. The van der Waals surface area contributed by atoms with Crippen LogP contribution in [0.2, 0.25) is 0 Å². The summed E-state index contributed by atoms with van der Waals surface area (Å²) in [5, 5.41) is 0. The Kier molecular flexibility index (Phi) is 5.15. The van der Waals surface area contributed by atoms with Crippen LogP contribution in [-0.2, 0) is 4.79 Å². The molecule has 27 heavy (non-hydrogen) atoms. The zero-order valence-corrected chi connectivity index (χ0v) is 15.1. The molecule has 3 aromatic rings. The molecule has 136 valence electrons. The number of ether oxygens (including phenoxy) is 1. The third-order valence-corrected chi connectivity index (χ3v) is 4.89. The second-order valence-corrected chi connectivity index (χ2v) is 6.66. The first kappa shape index (κ1) is 17.3. The zero-order valence-electron chi connectivity index (χ0n) is 15.1. The molecular formula is C23H22N2O2. The van der Waals surface area contributed by atoms with Gasteiger partial charge in [0, 0.05) is 25.2 Å². The van der Waals surface area contributed by atoms with Crippen molar-refractivity contribution in [2.75, 3.05) is 6.54 Å². The maximum absolute atomic E-state index is 12.6. The van der Waals surface area contributed by atoms with Crippen LogP contribution in [0.15, 0.2) is 85.1 Å². The Morgan fingerprint density at radius 1 is 0.852 bits per heavy atom. The molecule has 0 spiro atoms. The van der Waals surface area contributed by atoms with E-state index in [9.17, 15) is 4.79 Å². The summed E-state index contributed by atoms with van der Waals surface area (Å²) in [5.41, 5.74) is 2.09. The van der Waals surface area contributed by atoms with Gasteiger partial charge < -0.3 is 9.64 Å². The molecule has 1 fully saturated rings. The second-order valence-electron chi connectivity index (χ2n) is 6.66. The average molecular weight is 358 g/mol. The molecule has 0 aliphatic carbocycles. The molecule has 1 aliphatic rings. The number of aromatic nitrogens is 1. The van der Waals surface area contributed by atoms with Crippen LogP contribution in [0.4, 0.5) is 0 Å². The first-order chi connectivity index (χ1) is 13.3. The van der Waals surface area contributed by atoms with Crippen molar-refractivity contribution in [1.29, 1.82) is 0 Å². The van der Waals surface area contributed by atoms with E-state index in [2.05, 4.69) is 17.1 Å². The summed E-state index contributed by atoms with van der Waals surface area (Å²) in [6, 6.07) is 25.6. The smallest absolute Gasteiger partial charge is 0.223 e. The molecule has 4 nitrogen and oxygen atoms in total. The fourth-order valence-corrected chi connectivity index (χ4v) is 3.64. The lowest BCUT2D eigenvalue weighted by atomic mass is 9.94. The topological polar surface area (TPSA) is 42.4 Å². The van der Waals surface area contributed by atoms with Crippen LogP contribution in [0.25, 0.3) is 0 Å². The largest absolute Gasteiger partial charge is 0.467 e. The van der Waals surface area contributed by atoms with Crippen molar-refractivity contribution in [2.45, 2.75) is 25.0 Å². The van der Waals surface area contributed by atoms with Gasteiger partial charge in [-0.15, -0.1) is 0 Å². The first-order valence-electron chi connectivity index (χ1n) is 9.30. The lowest BCUT2D eigenvalue weighted by Crippen LogP contribution is -2.36. The summed E-state index contributed by atoms with van der Waals surface area (Å²) in [6.45, 7) is 0.743. The van der Waals surface area contributed by atoms with Crippen LogP contribution in [0.5, 0.6) is 5.88 Å². The molecule has 4 rings (SSSR count). The van der Waals surface area contributed by atoms with Gasteiger partial charge in [0.25, 0.3) is 0 Å². The minimum absolute atomic E-state index is 0.175. The number of carbonyl (C=O) groups excluding carboxylic acids is 1. The third kappa shape index (κ3) is 3.85. The average Bonchev–Trinajstić information content (AvgIpc) is 3.15. The van der Waals surface area contributed by atoms with Gasteiger partial charge in [0.2, 0.25) is 11.8 Å². The van der Waals surface area contributed by atoms with Gasteiger partial charge in [-0.3, -0.25) is 4.79 Å². The predicted octanol–water partition coefficient (Wildman–Crippen LogP) is 4.57. The zero-order chi connectivity index (χ0) is 18.5. The molecule has 0 radical (unpaired) electrons. The molecule has 0 unspecified atom stereocenters. The lowest BCUT2D eigenvalue weighted by Gasteiger charge is -2.35. The summed E-state index contributed by atoms with van der Waals surface area (Å²) in [5.74, 6) is 0.730. The summed E-state index contributed by atoms with van der Waals surface area (Å²) in [4.78, 5) is 18.9. The van der Waals surface area contributed by atoms with Crippen LogP contribution >= 0.6 is 0 Å². The van der Waals surface area contributed by atoms with Crippen molar-refractivity contribution >= 4 is 5.91 Å². The van der Waals surface area contributed by atoms with Crippen molar-refractivity contribution in [1.82, 2.24) is 9.88 Å². The van der Waals surface area contributed by atoms with Gasteiger partial charge in [-0.1, -0.05) is 66.7 Å². The van der Waals surface area contributed by atoms with E-state index in [1.165, 1.54) is 0 Å². The number of pyridine rings is 1. The van der Waals surface area contributed by atoms with Gasteiger partial charge >= 0.3 is 0 Å². The van der Waals surface area contributed by atoms with Crippen molar-refractivity contribution in [3.63, 3.8) is 0 Å². The molecule has 0 N–H and O–H groups in total. The van der Waals surface area contributed by atoms with Crippen molar-refractivity contribution < 1.29 is 9.53 Å². The summed E-state index contributed by atoms with van der Waals surface area (Å²) >= 11 is 0. The number of rotatable bonds is 6. The summed E-state index contributed by atoms with van der Waals surface area (Å²) in [6.07, 6.45) is 2.85. The first-order valence-corrected chi connectivity index (χ1v) is 9.30. The van der Waals surface area contributed by atoms with Gasteiger partial charge in [-0.05, 0) is 23.6 Å². The highest BCUT2D eigenvalue weighted by atomic mass is 16.5. The molecule has 1 saturated heterocycles. The van der Waals surface area contributed by atoms with Gasteiger partial charge in [-0.25, -0.2) is 4.98 Å². The summed E-state index contributed by atoms with van der Waals surface area (Å²) in [7, 11) is 0. The van der Waals surface area contributed by atoms with Crippen LogP contribution in [0, 0.1) is 0 Å². The molecule has 2 heterocycles. The van der Waals surface area contributed by atoms with Gasteiger partial charge in [0.05, 0.1) is 6.04 Å². The molecule has 1 aliphatic heterocycles. The highest BCUT2D eigenvalue weighted by molar-refractivity contribution is 5.78. The Balaban J connectivity index is 1.79. The number of hydrogen-bond donors (Lipinski definition) is 0. The maximum atomic E-state index is 12.6. The van der Waals surface area contributed by atoms with Gasteiger partial charge in [0.1, 0.15) is 6.10 Å². The Labute approximate surface area is 159 Å². The Hall–Kier alpha value is -3.14. The fourth-order valence-electron chi connectivity index (χ4n) is 3.64. The summed E-state index contributed by atoms with van der Waals surface area (Å²) < 4.78 is 6.37. The van der Waals surface area contributed by atoms with Crippen LogP contribution < -0.4 is 4.74 Å². The van der Waals surface area contributed by atoms with Gasteiger partial charge in [-0.2, -0.15) is 0 Å². The quantitative estimate of drug-likeness (QED) is 0.648. The minimum Gasteiger partial charge on any atom is -0.467 e. The Bertz CT molecular complexity index is 869. The monoisotopic (exact) mass is 358 g/mol. The van der Waals surface area contributed by atoms with E-state index in [1.54, 1.807) is 6.20 Å². The molecule has 0 saturated carbocycles. The van der Waals surface area contributed by atoms with Gasteiger partial charge in [0.15, 0.2) is 0 Å². The predicted molar refractivity (Wildman–Crippen MR) is 104 cm³/mol. The van der Waals surface area contributed by atoms with Crippen LogP contribution in [0.3, 0.4) is 0 Å². The number of hydrogen-bond acceptors (Lipinski definition) is 3. The fraction of sp³-hybridized carbons (Fsp3) is 0.217. The highest BCUT2D eigenvalue weighted by Crippen LogP contribution is 2.39. The molecule has 2 aromatic carbocycles. The minimum atomic E-state index is -0.342. The number of likely N-dealkylation sites (tertiary alicyclic amines) is 1. The van der Waals surface area contributed by atoms with Crippen LogP contribution in [-0.4, -0.2) is 22.3 Å². The number of benzene rings is 2. The number of amides is 1. The van der Waals surface area contributed by atoms with Crippen molar-refractivity contribution in [3.05, 3.63) is 96.2 Å². The van der Waals surface area contributed by atoms with E-state index >= 15 is 0 Å². The SMILES string of the molecule is O=C1CCCN1[C@H](c1ccccc1)[C@@H](Oc1ccccn1)c1ccccc1. The molecule has 4 heteroatoms. The Morgan fingerprint density at radius 2 is 1.52 bits per heavy atom. The molecular weight excluding hydrogens is 336 g/mol. The van der Waals surface area contributed by atoms with E-state index < -0.39 is 0 Å². The molecule has 0 bridgehead atoms. The maximum Gasteiger partial charge on any atom is 0.223 e. The molecule has 2 atom stereocenters.